The fourth-order valence-corrected chi connectivity index (χ4v) is 1.53. The van der Waals surface area contributed by atoms with Crippen molar-refractivity contribution in [1.29, 1.82) is 0 Å². The van der Waals surface area contributed by atoms with Crippen LogP contribution >= 0.6 is 15.9 Å². The van der Waals surface area contributed by atoms with Gasteiger partial charge in [-0.25, -0.2) is 13.2 Å². The molecule has 0 heterocycles. The van der Waals surface area contributed by atoms with Crippen LogP contribution in [0.5, 0.6) is 0 Å². The molecule has 0 bridgehead atoms. The van der Waals surface area contributed by atoms with Crippen LogP contribution in [-0.2, 0) is 5.67 Å². The number of halogens is 7. The largest absolute Gasteiger partial charge is 0.432 e. The van der Waals surface area contributed by atoms with Crippen molar-refractivity contribution in [2.75, 3.05) is 0 Å². The highest BCUT2D eigenvalue weighted by atomic mass is 79.9. The molecule has 17 heavy (non-hydrogen) atoms. The summed E-state index contributed by atoms with van der Waals surface area (Å²) >= 11 is 2.99. The van der Waals surface area contributed by atoms with E-state index in [1.54, 1.807) is 0 Å². The normalized spacial score (nSPS) is 16.1. The first-order valence-electron chi connectivity index (χ1n) is 4.41. The molecule has 0 aliphatic rings. The summed E-state index contributed by atoms with van der Waals surface area (Å²) in [7, 11) is 0. The zero-order chi connectivity index (χ0) is 13.4. The van der Waals surface area contributed by atoms with Crippen molar-refractivity contribution in [3.05, 3.63) is 33.8 Å². The van der Waals surface area contributed by atoms with E-state index in [0.29, 0.717) is 10.5 Å². The van der Waals surface area contributed by atoms with Gasteiger partial charge in [0.1, 0.15) is 0 Å². The summed E-state index contributed by atoms with van der Waals surface area (Å²) in [6.07, 6.45) is -9.84. The van der Waals surface area contributed by atoms with Gasteiger partial charge in [0.05, 0.1) is 0 Å². The first-order chi connectivity index (χ1) is 7.60. The molecule has 1 aromatic carbocycles. The number of alkyl halides is 6. The minimum atomic E-state index is -5.67. The van der Waals surface area contributed by atoms with Gasteiger partial charge < -0.3 is 0 Å². The molecule has 0 radical (unpaired) electrons. The highest BCUT2D eigenvalue weighted by molar-refractivity contribution is 9.10. The summed E-state index contributed by atoms with van der Waals surface area (Å²) in [6, 6.07) is 2.55. The van der Waals surface area contributed by atoms with Gasteiger partial charge in [-0.1, -0.05) is 28.1 Å². The molecule has 0 saturated carbocycles. The predicted molar refractivity (Wildman–Crippen MR) is 53.7 cm³/mol. The molecule has 0 N–H and O–H groups in total. The Morgan fingerprint density at radius 2 is 1.65 bits per heavy atom. The molecule has 1 unspecified atom stereocenters. The first-order valence-corrected chi connectivity index (χ1v) is 5.20. The Hall–Kier alpha value is -0.720. The van der Waals surface area contributed by atoms with Gasteiger partial charge in [-0.15, -0.1) is 0 Å². The van der Waals surface area contributed by atoms with E-state index in [1.165, 1.54) is 6.92 Å². The van der Waals surface area contributed by atoms with E-state index in [2.05, 4.69) is 15.9 Å². The summed E-state index contributed by atoms with van der Waals surface area (Å²) < 4.78 is 76.0. The number of hydrogen-bond acceptors (Lipinski definition) is 0. The molecule has 96 valence electrons. The van der Waals surface area contributed by atoms with E-state index < -0.39 is 23.8 Å². The number of benzene rings is 1. The van der Waals surface area contributed by atoms with Crippen LogP contribution in [-0.4, -0.2) is 12.6 Å². The first kappa shape index (κ1) is 14.3. The SMILES string of the molecule is Cc1cc(C(F)(C(F)F)C(F)(F)F)ccc1Br. The van der Waals surface area contributed by atoms with Crippen LogP contribution in [0.15, 0.2) is 22.7 Å². The minimum Gasteiger partial charge on any atom is -0.222 e. The van der Waals surface area contributed by atoms with Gasteiger partial charge in [0.2, 0.25) is 0 Å². The summed E-state index contributed by atoms with van der Waals surface area (Å²) in [4.78, 5) is 0. The molecular formula is C10H7BrF6. The molecule has 0 saturated heterocycles. The second-order valence-electron chi connectivity index (χ2n) is 3.47. The van der Waals surface area contributed by atoms with E-state index in [4.69, 9.17) is 0 Å². The lowest BCUT2D eigenvalue weighted by Crippen LogP contribution is -2.44. The second-order valence-corrected chi connectivity index (χ2v) is 4.33. The Kier molecular flexibility index (Phi) is 3.81. The van der Waals surface area contributed by atoms with Gasteiger partial charge in [0.15, 0.2) is 0 Å². The highest BCUT2D eigenvalue weighted by Crippen LogP contribution is 2.47. The van der Waals surface area contributed by atoms with Crippen LogP contribution in [0.1, 0.15) is 11.1 Å². The van der Waals surface area contributed by atoms with Crippen LogP contribution in [0.2, 0.25) is 0 Å². The molecule has 0 nitrogen and oxygen atoms in total. The molecular weight excluding hydrogens is 314 g/mol. The smallest absolute Gasteiger partial charge is 0.222 e. The van der Waals surface area contributed by atoms with Crippen molar-refractivity contribution in [3.63, 3.8) is 0 Å². The Morgan fingerprint density at radius 3 is 2.00 bits per heavy atom. The zero-order valence-electron chi connectivity index (χ0n) is 8.46. The third-order valence-electron chi connectivity index (χ3n) is 2.29. The third kappa shape index (κ3) is 2.43. The van der Waals surface area contributed by atoms with E-state index >= 15 is 0 Å². The van der Waals surface area contributed by atoms with E-state index in [1.807, 2.05) is 0 Å². The second kappa shape index (κ2) is 4.51. The maximum absolute atomic E-state index is 13.6. The van der Waals surface area contributed by atoms with Crippen molar-refractivity contribution in [2.24, 2.45) is 0 Å². The molecule has 1 atom stereocenters. The number of rotatable bonds is 2. The van der Waals surface area contributed by atoms with Crippen LogP contribution < -0.4 is 0 Å². The third-order valence-corrected chi connectivity index (χ3v) is 3.18. The molecule has 0 spiro atoms. The summed E-state index contributed by atoms with van der Waals surface area (Å²) in [6.45, 7) is 1.38. The predicted octanol–water partition coefficient (Wildman–Crippen LogP) is 4.75. The van der Waals surface area contributed by atoms with Crippen LogP contribution in [0.3, 0.4) is 0 Å². The molecule has 0 amide bonds. The molecule has 1 rings (SSSR count). The highest BCUT2D eigenvalue weighted by Gasteiger charge is 2.63. The molecule has 0 aliphatic carbocycles. The van der Waals surface area contributed by atoms with Crippen molar-refractivity contribution in [1.82, 2.24) is 0 Å². The van der Waals surface area contributed by atoms with Gasteiger partial charge in [-0.2, -0.15) is 13.2 Å². The monoisotopic (exact) mass is 320 g/mol. The molecule has 0 aromatic heterocycles. The standard InChI is InChI=1S/C10H7BrF6/c1-5-4-6(2-3-7(5)11)9(14,8(12)13)10(15,16)17/h2-4,8H,1H3. The van der Waals surface area contributed by atoms with Crippen LogP contribution in [0, 0.1) is 6.92 Å². The lowest BCUT2D eigenvalue weighted by molar-refractivity contribution is -0.274. The average molecular weight is 321 g/mol. The maximum atomic E-state index is 13.6. The lowest BCUT2D eigenvalue weighted by atomic mass is 9.94. The zero-order valence-corrected chi connectivity index (χ0v) is 10.0. The van der Waals surface area contributed by atoms with Gasteiger partial charge >= 0.3 is 6.18 Å². The Labute approximate surface area is 102 Å². The maximum Gasteiger partial charge on any atom is 0.432 e. The molecule has 0 fully saturated rings. The minimum absolute atomic E-state index is 0.245. The van der Waals surface area contributed by atoms with Gasteiger partial charge in [-0.05, 0) is 18.6 Å². The number of aryl methyl sites for hydroxylation is 1. The van der Waals surface area contributed by atoms with E-state index in [-0.39, 0.29) is 5.56 Å². The molecule has 1 aromatic rings. The fraction of sp³-hybridized carbons (Fsp3) is 0.400. The summed E-state index contributed by atoms with van der Waals surface area (Å²) in [5.41, 5.74) is -5.49. The quantitative estimate of drug-likeness (QED) is 0.690. The van der Waals surface area contributed by atoms with E-state index in [0.717, 1.165) is 12.1 Å². The van der Waals surface area contributed by atoms with Gasteiger partial charge in [-0.3, -0.25) is 0 Å². The average Bonchev–Trinajstić information content (AvgIpc) is 2.19. The van der Waals surface area contributed by atoms with Crippen molar-refractivity contribution < 1.29 is 26.3 Å². The van der Waals surface area contributed by atoms with Crippen molar-refractivity contribution >= 4 is 15.9 Å². The van der Waals surface area contributed by atoms with Crippen molar-refractivity contribution in [2.45, 2.75) is 25.2 Å². The van der Waals surface area contributed by atoms with Gasteiger partial charge in [0, 0.05) is 10.0 Å². The van der Waals surface area contributed by atoms with Crippen LogP contribution in [0.4, 0.5) is 26.3 Å². The Balaban J connectivity index is 3.39. The van der Waals surface area contributed by atoms with Crippen molar-refractivity contribution in [3.8, 4) is 0 Å². The molecule has 0 aliphatic heterocycles. The number of hydrogen-bond donors (Lipinski definition) is 0. The topological polar surface area (TPSA) is 0 Å². The van der Waals surface area contributed by atoms with E-state index in [9.17, 15) is 26.3 Å². The molecule has 7 heteroatoms. The fourth-order valence-electron chi connectivity index (χ4n) is 1.28. The van der Waals surface area contributed by atoms with Crippen LogP contribution in [0.25, 0.3) is 0 Å². The Morgan fingerprint density at radius 1 is 1.12 bits per heavy atom. The Bertz CT molecular complexity index is 414. The summed E-state index contributed by atoms with van der Waals surface area (Å²) in [5, 5.41) is 0. The van der Waals surface area contributed by atoms with Gasteiger partial charge in [0.25, 0.3) is 12.1 Å². The lowest BCUT2D eigenvalue weighted by Gasteiger charge is -2.27. The summed E-state index contributed by atoms with van der Waals surface area (Å²) in [5.74, 6) is 0.